The first-order valence-electron chi connectivity index (χ1n) is 12.5. The number of phenolic OH excluding ortho intramolecular Hbond substituents is 1. The summed E-state index contributed by atoms with van der Waals surface area (Å²) < 4.78 is 0. The molecule has 0 fully saturated rings. The average Bonchev–Trinajstić information content (AvgIpc) is 2.94. The van der Waals surface area contributed by atoms with Gasteiger partial charge in [-0.05, 0) is 54.1 Å². The summed E-state index contributed by atoms with van der Waals surface area (Å²) in [6, 6.07) is 43.8. The monoisotopic (exact) mass is 499 g/mol. The normalized spacial score (nSPS) is 11.3. The van der Waals surface area contributed by atoms with Gasteiger partial charge in [0.05, 0.1) is 5.69 Å². The average molecular weight is 500 g/mol. The number of aryl methyl sites for hydroxylation is 1. The largest absolute Gasteiger partial charge is 0.507 e. The van der Waals surface area contributed by atoms with Crippen molar-refractivity contribution in [3.05, 3.63) is 150 Å². The SMILES string of the molecule is Cc1ccc(N=Cc2cccc(-c3ccccc3)c2O)c(P(Cc2ccccc2)Cc2ccccc2)c1. The molecule has 37 heavy (non-hydrogen) atoms. The van der Waals surface area contributed by atoms with Crippen molar-refractivity contribution in [3.63, 3.8) is 0 Å². The lowest BCUT2D eigenvalue weighted by atomic mass is 10.0. The number of aliphatic imine (C=N–C) groups is 1. The molecule has 3 heteroatoms. The summed E-state index contributed by atoms with van der Waals surface area (Å²) in [6.07, 6.45) is 3.78. The summed E-state index contributed by atoms with van der Waals surface area (Å²) in [6.45, 7) is 2.14. The zero-order chi connectivity index (χ0) is 25.5. The number of nitrogens with zero attached hydrogens (tertiary/aromatic N) is 1. The van der Waals surface area contributed by atoms with E-state index in [0.717, 1.165) is 29.1 Å². The number of aromatic hydroxyl groups is 1. The van der Waals surface area contributed by atoms with Crippen LogP contribution in [0.2, 0.25) is 0 Å². The molecule has 1 N–H and O–H groups in total. The number of rotatable bonds is 8. The Kier molecular flexibility index (Phi) is 7.89. The van der Waals surface area contributed by atoms with Crippen molar-refractivity contribution in [3.8, 4) is 16.9 Å². The molecule has 0 aliphatic rings. The Labute approximate surface area is 220 Å². The van der Waals surface area contributed by atoms with Crippen LogP contribution in [0.25, 0.3) is 11.1 Å². The fourth-order valence-corrected chi connectivity index (χ4v) is 7.08. The van der Waals surface area contributed by atoms with Gasteiger partial charge in [-0.15, -0.1) is 0 Å². The smallest absolute Gasteiger partial charge is 0.132 e. The highest BCUT2D eigenvalue weighted by Gasteiger charge is 2.17. The van der Waals surface area contributed by atoms with Gasteiger partial charge in [-0.25, -0.2) is 0 Å². The van der Waals surface area contributed by atoms with Gasteiger partial charge in [0.1, 0.15) is 5.75 Å². The Balaban J connectivity index is 1.52. The van der Waals surface area contributed by atoms with Crippen molar-refractivity contribution < 1.29 is 5.11 Å². The van der Waals surface area contributed by atoms with Gasteiger partial charge in [-0.1, -0.05) is 123 Å². The highest BCUT2D eigenvalue weighted by molar-refractivity contribution is 7.64. The zero-order valence-corrected chi connectivity index (χ0v) is 21.9. The molecular formula is C34H30NOP. The fourth-order valence-electron chi connectivity index (χ4n) is 4.49. The lowest BCUT2D eigenvalue weighted by Crippen LogP contribution is -2.07. The van der Waals surface area contributed by atoms with Gasteiger partial charge >= 0.3 is 0 Å². The Hall–Kier alpha value is -4.00. The van der Waals surface area contributed by atoms with Crippen LogP contribution in [0.4, 0.5) is 5.69 Å². The van der Waals surface area contributed by atoms with Crippen LogP contribution in [0.5, 0.6) is 5.75 Å². The van der Waals surface area contributed by atoms with Crippen LogP contribution in [-0.2, 0) is 12.3 Å². The summed E-state index contributed by atoms with van der Waals surface area (Å²) in [5, 5.41) is 12.3. The van der Waals surface area contributed by atoms with Crippen LogP contribution in [0.3, 0.4) is 0 Å². The van der Waals surface area contributed by atoms with Crippen LogP contribution in [0, 0.1) is 6.92 Å². The van der Waals surface area contributed by atoms with E-state index in [2.05, 4.69) is 85.8 Å². The fraction of sp³-hybridized carbons (Fsp3) is 0.0882. The van der Waals surface area contributed by atoms with Crippen LogP contribution < -0.4 is 5.30 Å². The molecule has 182 valence electrons. The van der Waals surface area contributed by atoms with Crippen molar-refractivity contribution in [2.75, 3.05) is 0 Å². The lowest BCUT2D eigenvalue weighted by Gasteiger charge is -2.21. The third-order valence-electron chi connectivity index (χ3n) is 6.40. The minimum absolute atomic E-state index is 0.252. The van der Waals surface area contributed by atoms with E-state index in [4.69, 9.17) is 4.99 Å². The van der Waals surface area contributed by atoms with Gasteiger partial charge in [0.25, 0.3) is 0 Å². The van der Waals surface area contributed by atoms with Crippen LogP contribution in [0.1, 0.15) is 22.3 Å². The molecule has 2 nitrogen and oxygen atoms in total. The second-order valence-electron chi connectivity index (χ2n) is 9.19. The second kappa shape index (κ2) is 11.8. The maximum atomic E-state index is 11.0. The molecule has 0 unspecified atom stereocenters. The molecule has 5 rings (SSSR count). The van der Waals surface area contributed by atoms with E-state index in [1.165, 1.54) is 22.0 Å². The number of benzene rings is 5. The Morgan fingerprint density at radius 2 is 1.27 bits per heavy atom. The first-order chi connectivity index (χ1) is 18.2. The highest BCUT2D eigenvalue weighted by Crippen LogP contribution is 2.45. The van der Waals surface area contributed by atoms with E-state index in [9.17, 15) is 5.11 Å². The number of para-hydroxylation sites is 1. The molecular weight excluding hydrogens is 469 g/mol. The Morgan fingerprint density at radius 3 is 1.89 bits per heavy atom. The quantitative estimate of drug-likeness (QED) is 0.168. The predicted octanol–water partition coefficient (Wildman–Crippen LogP) is 8.63. The summed E-state index contributed by atoms with van der Waals surface area (Å²) in [5.74, 6) is 0.252. The minimum atomic E-state index is -0.552. The first kappa shape index (κ1) is 24.7. The van der Waals surface area contributed by atoms with Gasteiger partial charge in [0, 0.05) is 22.6 Å². The van der Waals surface area contributed by atoms with Gasteiger partial charge in [-0.3, -0.25) is 4.99 Å². The second-order valence-corrected chi connectivity index (χ2v) is 11.4. The van der Waals surface area contributed by atoms with Crippen molar-refractivity contribution in [2.45, 2.75) is 19.2 Å². The third kappa shape index (κ3) is 6.23. The third-order valence-corrected chi connectivity index (χ3v) is 8.93. The molecule has 5 aromatic rings. The van der Waals surface area contributed by atoms with Gasteiger partial charge in [0.2, 0.25) is 0 Å². The van der Waals surface area contributed by atoms with Gasteiger partial charge in [-0.2, -0.15) is 0 Å². The van der Waals surface area contributed by atoms with Gasteiger partial charge < -0.3 is 5.11 Å². The number of hydrogen-bond acceptors (Lipinski definition) is 2. The van der Waals surface area contributed by atoms with E-state index >= 15 is 0 Å². The van der Waals surface area contributed by atoms with Gasteiger partial charge in [0.15, 0.2) is 0 Å². The molecule has 0 aliphatic heterocycles. The van der Waals surface area contributed by atoms with Crippen molar-refractivity contribution in [1.29, 1.82) is 0 Å². The van der Waals surface area contributed by atoms with Crippen molar-refractivity contribution in [1.82, 2.24) is 0 Å². The molecule has 0 spiro atoms. The van der Waals surface area contributed by atoms with Crippen molar-refractivity contribution in [2.24, 2.45) is 4.99 Å². The molecule has 0 atom stereocenters. The summed E-state index contributed by atoms with van der Waals surface area (Å²) >= 11 is 0. The molecule has 0 heterocycles. The molecule has 5 aromatic carbocycles. The number of phenols is 1. The molecule has 0 aromatic heterocycles. The topological polar surface area (TPSA) is 32.6 Å². The Morgan fingerprint density at radius 1 is 0.676 bits per heavy atom. The van der Waals surface area contributed by atoms with Crippen LogP contribution in [-0.4, -0.2) is 11.3 Å². The summed E-state index contributed by atoms with van der Waals surface area (Å²) in [5.41, 5.74) is 7.39. The zero-order valence-electron chi connectivity index (χ0n) is 21.0. The molecule has 0 radical (unpaired) electrons. The maximum absolute atomic E-state index is 11.0. The highest BCUT2D eigenvalue weighted by atomic mass is 31.1. The van der Waals surface area contributed by atoms with Crippen molar-refractivity contribution >= 4 is 25.1 Å². The molecule has 0 saturated heterocycles. The van der Waals surface area contributed by atoms with E-state index in [-0.39, 0.29) is 5.75 Å². The van der Waals surface area contributed by atoms with E-state index in [0.29, 0.717) is 5.56 Å². The molecule has 0 bridgehead atoms. The standard InChI is InChI=1S/C34H30NOP/c1-26-20-21-32(35-23-30-18-11-19-31(34(30)36)29-16-9-4-10-17-29)33(22-26)37(24-27-12-5-2-6-13-27)25-28-14-7-3-8-15-28/h2-23,36H,24-25H2,1H3. The maximum Gasteiger partial charge on any atom is 0.132 e. The van der Waals surface area contributed by atoms with Crippen LogP contribution in [0.15, 0.2) is 132 Å². The van der Waals surface area contributed by atoms with Crippen LogP contribution >= 0.6 is 7.92 Å². The predicted molar refractivity (Wildman–Crippen MR) is 159 cm³/mol. The Bertz CT molecular complexity index is 1440. The van der Waals surface area contributed by atoms with E-state index in [1.54, 1.807) is 6.21 Å². The summed E-state index contributed by atoms with van der Waals surface area (Å²) in [4.78, 5) is 4.95. The minimum Gasteiger partial charge on any atom is -0.507 e. The summed E-state index contributed by atoms with van der Waals surface area (Å²) in [7, 11) is -0.552. The molecule has 0 aliphatic carbocycles. The lowest BCUT2D eigenvalue weighted by molar-refractivity contribution is 0.476. The van der Waals surface area contributed by atoms with E-state index in [1.807, 2.05) is 48.5 Å². The first-order valence-corrected chi connectivity index (χ1v) is 14.2. The molecule has 0 saturated carbocycles. The number of hydrogen-bond donors (Lipinski definition) is 1. The van der Waals surface area contributed by atoms with E-state index < -0.39 is 7.92 Å². The molecule has 0 amide bonds.